The topological polar surface area (TPSA) is 114 Å². The van der Waals surface area contributed by atoms with Crippen LogP contribution >= 0.6 is 11.3 Å². The van der Waals surface area contributed by atoms with E-state index in [0.29, 0.717) is 17.9 Å². The maximum absolute atomic E-state index is 13.1. The number of H-pyrrole nitrogens is 1. The SMILES string of the molecule is Cc1ncc(-c2nc3[nH]c(C(=O)NCc4ccccc4)cc(=O)c3nc2-c2ccc3ncccc3c2)s1. The third kappa shape index (κ3) is 4.48. The molecule has 37 heavy (non-hydrogen) atoms. The highest BCUT2D eigenvalue weighted by Crippen LogP contribution is 2.34. The van der Waals surface area contributed by atoms with E-state index in [2.05, 4.69) is 20.3 Å². The van der Waals surface area contributed by atoms with Crippen molar-refractivity contribution in [2.24, 2.45) is 0 Å². The van der Waals surface area contributed by atoms with Gasteiger partial charge in [-0.15, -0.1) is 11.3 Å². The number of hydrogen-bond acceptors (Lipinski definition) is 7. The van der Waals surface area contributed by atoms with Crippen LogP contribution in [-0.2, 0) is 6.54 Å². The smallest absolute Gasteiger partial charge is 0.268 e. The number of nitrogens with zero attached hydrogens (tertiary/aromatic N) is 4. The molecule has 0 fully saturated rings. The minimum Gasteiger partial charge on any atom is -0.347 e. The van der Waals surface area contributed by atoms with Gasteiger partial charge in [0.25, 0.3) is 5.91 Å². The summed E-state index contributed by atoms with van der Waals surface area (Å²) in [6.07, 6.45) is 3.49. The van der Waals surface area contributed by atoms with E-state index in [1.54, 1.807) is 12.4 Å². The van der Waals surface area contributed by atoms with Crippen LogP contribution in [0.1, 0.15) is 21.1 Å². The van der Waals surface area contributed by atoms with E-state index in [0.717, 1.165) is 31.9 Å². The van der Waals surface area contributed by atoms with Crippen LogP contribution in [0.2, 0.25) is 0 Å². The van der Waals surface area contributed by atoms with Gasteiger partial charge >= 0.3 is 0 Å². The van der Waals surface area contributed by atoms with Gasteiger partial charge in [0.05, 0.1) is 21.1 Å². The van der Waals surface area contributed by atoms with Crippen molar-refractivity contribution in [3.63, 3.8) is 0 Å². The molecule has 6 rings (SSSR count). The largest absolute Gasteiger partial charge is 0.347 e. The van der Waals surface area contributed by atoms with Crippen molar-refractivity contribution in [3.05, 3.63) is 106 Å². The molecular formula is C28H20N6O2S. The van der Waals surface area contributed by atoms with Gasteiger partial charge in [0.15, 0.2) is 11.2 Å². The van der Waals surface area contributed by atoms with Crippen LogP contribution in [0.3, 0.4) is 0 Å². The first kappa shape index (κ1) is 22.7. The van der Waals surface area contributed by atoms with Crippen LogP contribution in [0.5, 0.6) is 0 Å². The molecule has 1 amide bonds. The number of carbonyl (C=O) groups is 1. The number of aryl methyl sites for hydroxylation is 1. The van der Waals surface area contributed by atoms with Gasteiger partial charge in [-0.05, 0) is 30.7 Å². The number of fused-ring (bicyclic) bond motifs is 2. The third-order valence-corrected chi connectivity index (χ3v) is 6.85. The van der Waals surface area contributed by atoms with E-state index >= 15 is 0 Å². The van der Waals surface area contributed by atoms with Crippen molar-refractivity contribution in [2.75, 3.05) is 0 Å². The van der Waals surface area contributed by atoms with E-state index in [4.69, 9.17) is 9.97 Å². The van der Waals surface area contributed by atoms with Gasteiger partial charge in [0.2, 0.25) is 5.43 Å². The molecule has 9 heteroatoms. The molecule has 2 aromatic carbocycles. The molecule has 0 saturated heterocycles. The van der Waals surface area contributed by atoms with E-state index in [1.165, 1.54) is 17.4 Å². The monoisotopic (exact) mass is 504 g/mol. The van der Waals surface area contributed by atoms with E-state index in [9.17, 15) is 9.59 Å². The number of hydrogen-bond donors (Lipinski definition) is 2. The van der Waals surface area contributed by atoms with Gasteiger partial charge in [-0.25, -0.2) is 15.0 Å². The first-order valence-electron chi connectivity index (χ1n) is 11.6. The lowest BCUT2D eigenvalue weighted by atomic mass is 10.1. The van der Waals surface area contributed by atoms with Gasteiger partial charge < -0.3 is 10.3 Å². The van der Waals surface area contributed by atoms with Crippen LogP contribution < -0.4 is 10.7 Å². The third-order valence-electron chi connectivity index (χ3n) is 5.93. The van der Waals surface area contributed by atoms with Crippen LogP contribution in [0, 0.1) is 6.92 Å². The Balaban J connectivity index is 1.46. The molecular weight excluding hydrogens is 484 g/mol. The van der Waals surface area contributed by atoms with Crippen molar-refractivity contribution in [1.29, 1.82) is 0 Å². The second-order valence-corrected chi connectivity index (χ2v) is 9.72. The van der Waals surface area contributed by atoms with Gasteiger partial charge in [-0.1, -0.05) is 42.5 Å². The van der Waals surface area contributed by atoms with Gasteiger partial charge in [-0.2, -0.15) is 0 Å². The molecule has 0 saturated carbocycles. The quantitative estimate of drug-likeness (QED) is 0.345. The molecule has 0 spiro atoms. The van der Waals surface area contributed by atoms with Crippen molar-refractivity contribution in [3.8, 4) is 21.8 Å². The van der Waals surface area contributed by atoms with Gasteiger partial charge in [0.1, 0.15) is 11.4 Å². The summed E-state index contributed by atoms with van der Waals surface area (Å²) in [4.78, 5) is 48.1. The number of aromatic nitrogens is 5. The second kappa shape index (κ2) is 9.36. The summed E-state index contributed by atoms with van der Waals surface area (Å²) >= 11 is 1.49. The summed E-state index contributed by atoms with van der Waals surface area (Å²) in [6, 6.07) is 20.5. The Morgan fingerprint density at radius 2 is 1.84 bits per heavy atom. The van der Waals surface area contributed by atoms with Crippen LogP contribution in [0.4, 0.5) is 0 Å². The fraction of sp³-hybridized carbons (Fsp3) is 0.0714. The molecule has 0 aliphatic carbocycles. The van der Waals surface area contributed by atoms with Crippen molar-refractivity contribution < 1.29 is 4.79 Å². The highest BCUT2D eigenvalue weighted by molar-refractivity contribution is 7.15. The number of aromatic amines is 1. The Morgan fingerprint density at radius 3 is 2.65 bits per heavy atom. The van der Waals surface area contributed by atoms with Gasteiger partial charge in [-0.3, -0.25) is 14.6 Å². The summed E-state index contributed by atoms with van der Waals surface area (Å²) in [5.41, 5.74) is 3.90. The van der Waals surface area contributed by atoms with Crippen molar-refractivity contribution in [1.82, 2.24) is 30.2 Å². The van der Waals surface area contributed by atoms with E-state index < -0.39 is 5.91 Å². The molecule has 0 aliphatic rings. The maximum Gasteiger partial charge on any atom is 0.268 e. The molecule has 8 nitrogen and oxygen atoms in total. The van der Waals surface area contributed by atoms with Crippen LogP contribution in [0.15, 0.2) is 83.9 Å². The lowest BCUT2D eigenvalue weighted by Crippen LogP contribution is -2.25. The molecule has 4 heterocycles. The number of benzene rings is 2. The Morgan fingerprint density at radius 1 is 0.973 bits per heavy atom. The summed E-state index contributed by atoms with van der Waals surface area (Å²) in [6.45, 7) is 2.26. The average Bonchev–Trinajstić information content (AvgIpc) is 3.37. The molecule has 4 aromatic heterocycles. The zero-order valence-electron chi connectivity index (χ0n) is 19.7. The molecule has 180 valence electrons. The number of rotatable bonds is 5. The average molecular weight is 505 g/mol. The fourth-order valence-corrected chi connectivity index (χ4v) is 4.89. The molecule has 0 bridgehead atoms. The zero-order valence-corrected chi connectivity index (χ0v) is 20.5. The molecule has 0 aliphatic heterocycles. The fourth-order valence-electron chi connectivity index (χ4n) is 4.12. The predicted octanol–water partition coefficient (Wildman–Crippen LogP) is 4.90. The van der Waals surface area contributed by atoms with E-state index in [1.807, 2.05) is 67.6 Å². The normalized spacial score (nSPS) is 11.2. The van der Waals surface area contributed by atoms with Crippen molar-refractivity contribution in [2.45, 2.75) is 13.5 Å². The highest BCUT2D eigenvalue weighted by atomic mass is 32.1. The predicted molar refractivity (Wildman–Crippen MR) is 144 cm³/mol. The number of carbonyl (C=O) groups excluding carboxylic acids is 1. The second-order valence-electron chi connectivity index (χ2n) is 8.49. The Kier molecular flexibility index (Phi) is 5.74. The first-order chi connectivity index (χ1) is 18.0. The lowest BCUT2D eigenvalue weighted by Gasteiger charge is -2.11. The minimum atomic E-state index is -0.397. The number of pyridine rings is 2. The molecule has 0 radical (unpaired) electrons. The first-order valence-corrected chi connectivity index (χ1v) is 12.4. The Labute approximate surface area is 215 Å². The van der Waals surface area contributed by atoms with E-state index in [-0.39, 0.29) is 22.3 Å². The molecule has 6 aromatic rings. The summed E-state index contributed by atoms with van der Waals surface area (Å²) in [5, 5.41) is 4.67. The minimum absolute atomic E-state index is 0.124. The summed E-state index contributed by atoms with van der Waals surface area (Å²) in [5.74, 6) is -0.397. The standard InChI is InChI=1S/C28H20N6O2S/c1-16-30-15-23(37-16)26-24(19-9-10-20-18(12-19)8-5-11-29-20)33-25-22(35)13-21(32-27(25)34-26)28(36)31-14-17-6-3-2-4-7-17/h2-13,15H,14H2,1H3,(H,31,36)(H,32,34,35). The highest BCUT2D eigenvalue weighted by Gasteiger charge is 2.19. The van der Waals surface area contributed by atoms with Gasteiger partial charge in [0, 0.05) is 36.0 Å². The van der Waals surface area contributed by atoms with Crippen LogP contribution in [0.25, 0.3) is 43.9 Å². The molecule has 0 atom stereocenters. The summed E-state index contributed by atoms with van der Waals surface area (Å²) in [7, 11) is 0. The Hall–Kier alpha value is -4.76. The number of nitrogens with one attached hydrogen (secondary N) is 2. The molecule has 0 unspecified atom stereocenters. The number of amides is 1. The van der Waals surface area contributed by atoms with Crippen LogP contribution in [-0.4, -0.2) is 30.8 Å². The molecule has 2 N–H and O–H groups in total. The lowest BCUT2D eigenvalue weighted by molar-refractivity contribution is 0.0946. The maximum atomic E-state index is 13.1. The Bertz CT molecular complexity index is 1850. The van der Waals surface area contributed by atoms with Crippen molar-refractivity contribution >= 4 is 39.3 Å². The zero-order chi connectivity index (χ0) is 25.4. The number of thiazole rings is 1. The summed E-state index contributed by atoms with van der Waals surface area (Å²) < 4.78 is 0.